The van der Waals surface area contributed by atoms with E-state index in [4.69, 9.17) is 4.42 Å². The minimum Gasteiger partial charge on any atom is -0.463 e. The van der Waals surface area contributed by atoms with E-state index in [9.17, 15) is 0 Å². The molecule has 0 aromatic carbocycles. The fourth-order valence-electron chi connectivity index (χ4n) is 1.78. The molecule has 0 bridgehead atoms. The average molecular weight is 233 g/mol. The Balaban J connectivity index is 1.98. The van der Waals surface area contributed by atoms with Crippen molar-refractivity contribution in [3.63, 3.8) is 0 Å². The highest BCUT2D eigenvalue weighted by molar-refractivity contribution is 5.20. The Morgan fingerprint density at radius 3 is 3.06 bits per heavy atom. The molecule has 1 N–H and O–H groups in total. The maximum Gasteiger partial charge on any atom is 0.124 e. The molecule has 4 nitrogen and oxygen atoms in total. The minimum atomic E-state index is 0.745. The SMILES string of the molecule is CCCNCc1oc(Cn2ccnc2)cc1C. The molecular weight excluding hydrogens is 214 g/mol. The van der Waals surface area contributed by atoms with E-state index < -0.39 is 0 Å². The van der Waals surface area contributed by atoms with Crippen LogP contribution in [0.2, 0.25) is 0 Å². The molecule has 2 heterocycles. The van der Waals surface area contributed by atoms with E-state index in [1.807, 2.05) is 10.8 Å². The van der Waals surface area contributed by atoms with Gasteiger partial charge in [0, 0.05) is 12.4 Å². The van der Waals surface area contributed by atoms with Crippen molar-refractivity contribution >= 4 is 0 Å². The number of imidazole rings is 1. The van der Waals surface area contributed by atoms with Gasteiger partial charge in [0.25, 0.3) is 0 Å². The molecule has 0 radical (unpaired) electrons. The van der Waals surface area contributed by atoms with E-state index in [0.29, 0.717) is 0 Å². The van der Waals surface area contributed by atoms with Crippen molar-refractivity contribution in [2.45, 2.75) is 33.4 Å². The number of aromatic nitrogens is 2. The second-order valence-electron chi connectivity index (χ2n) is 4.23. The Hall–Kier alpha value is -1.55. The summed E-state index contributed by atoms with van der Waals surface area (Å²) in [4.78, 5) is 4.02. The zero-order valence-electron chi connectivity index (χ0n) is 10.4. The van der Waals surface area contributed by atoms with Crippen LogP contribution in [0.3, 0.4) is 0 Å². The second kappa shape index (κ2) is 5.68. The molecule has 0 saturated heterocycles. The van der Waals surface area contributed by atoms with Crippen molar-refractivity contribution in [3.05, 3.63) is 41.9 Å². The minimum absolute atomic E-state index is 0.745. The number of nitrogens with one attached hydrogen (secondary N) is 1. The van der Waals surface area contributed by atoms with Gasteiger partial charge in [0.05, 0.1) is 19.4 Å². The molecule has 0 fully saturated rings. The van der Waals surface area contributed by atoms with E-state index >= 15 is 0 Å². The number of aryl methyl sites for hydroxylation is 1. The molecule has 2 aromatic heterocycles. The summed E-state index contributed by atoms with van der Waals surface area (Å²) in [5.74, 6) is 2.02. The monoisotopic (exact) mass is 233 g/mol. The predicted octanol–water partition coefficient (Wildman–Crippen LogP) is 2.33. The van der Waals surface area contributed by atoms with Gasteiger partial charge in [-0.3, -0.25) is 0 Å². The molecule has 92 valence electrons. The first-order valence-corrected chi connectivity index (χ1v) is 6.04. The average Bonchev–Trinajstić information content (AvgIpc) is 2.91. The van der Waals surface area contributed by atoms with Gasteiger partial charge < -0.3 is 14.3 Å². The van der Waals surface area contributed by atoms with Crippen LogP contribution in [0.25, 0.3) is 0 Å². The highest BCUT2D eigenvalue weighted by Gasteiger charge is 2.07. The van der Waals surface area contributed by atoms with Gasteiger partial charge in [-0.05, 0) is 31.5 Å². The Bertz CT molecular complexity index is 445. The van der Waals surface area contributed by atoms with Crippen molar-refractivity contribution in [2.24, 2.45) is 0 Å². The topological polar surface area (TPSA) is 43.0 Å². The summed E-state index contributed by atoms with van der Waals surface area (Å²) in [7, 11) is 0. The van der Waals surface area contributed by atoms with E-state index in [0.717, 1.165) is 37.6 Å². The van der Waals surface area contributed by atoms with E-state index in [1.165, 1.54) is 5.56 Å². The molecule has 0 unspecified atom stereocenters. The molecule has 0 saturated carbocycles. The van der Waals surface area contributed by atoms with Gasteiger partial charge in [0.1, 0.15) is 11.5 Å². The molecular formula is C13H19N3O. The van der Waals surface area contributed by atoms with E-state index in [-0.39, 0.29) is 0 Å². The first-order chi connectivity index (χ1) is 8.29. The zero-order chi connectivity index (χ0) is 12.1. The number of rotatable bonds is 6. The Morgan fingerprint density at radius 2 is 2.35 bits per heavy atom. The molecule has 2 rings (SSSR count). The molecule has 4 heteroatoms. The van der Waals surface area contributed by atoms with Crippen molar-refractivity contribution in [1.82, 2.24) is 14.9 Å². The van der Waals surface area contributed by atoms with Crippen molar-refractivity contribution < 1.29 is 4.42 Å². The first kappa shape index (κ1) is 11.9. The third-order valence-corrected chi connectivity index (χ3v) is 2.68. The summed E-state index contributed by atoms with van der Waals surface area (Å²) in [6.45, 7) is 6.82. The van der Waals surface area contributed by atoms with Gasteiger partial charge in [0.2, 0.25) is 0 Å². The molecule has 17 heavy (non-hydrogen) atoms. The maximum absolute atomic E-state index is 5.82. The van der Waals surface area contributed by atoms with E-state index in [1.54, 1.807) is 12.5 Å². The summed E-state index contributed by atoms with van der Waals surface area (Å²) in [6.07, 6.45) is 6.65. The summed E-state index contributed by atoms with van der Waals surface area (Å²) in [6, 6.07) is 2.10. The number of furan rings is 1. The lowest BCUT2D eigenvalue weighted by atomic mass is 10.2. The van der Waals surface area contributed by atoms with Gasteiger partial charge in [-0.1, -0.05) is 6.92 Å². The fraction of sp³-hybridized carbons (Fsp3) is 0.462. The number of hydrogen-bond acceptors (Lipinski definition) is 3. The van der Waals surface area contributed by atoms with Gasteiger partial charge >= 0.3 is 0 Å². The number of hydrogen-bond donors (Lipinski definition) is 1. The summed E-state index contributed by atoms with van der Waals surface area (Å²) in [5, 5.41) is 3.35. The summed E-state index contributed by atoms with van der Waals surface area (Å²) >= 11 is 0. The van der Waals surface area contributed by atoms with Gasteiger partial charge in [-0.2, -0.15) is 0 Å². The number of nitrogens with zero attached hydrogens (tertiary/aromatic N) is 2. The third-order valence-electron chi connectivity index (χ3n) is 2.68. The predicted molar refractivity (Wildman–Crippen MR) is 66.8 cm³/mol. The van der Waals surface area contributed by atoms with Crippen LogP contribution in [0.5, 0.6) is 0 Å². The molecule has 0 aliphatic carbocycles. The molecule has 2 aromatic rings. The van der Waals surface area contributed by atoms with Gasteiger partial charge in [0.15, 0.2) is 0 Å². The van der Waals surface area contributed by atoms with Crippen LogP contribution in [0, 0.1) is 6.92 Å². The molecule has 0 amide bonds. The maximum atomic E-state index is 5.82. The summed E-state index contributed by atoms with van der Waals surface area (Å²) < 4.78 is 7.82. The molecule has 0 aliphatic rings. The van der Waals surface area contributed by atoms with Gasteiger partial charge in [-0.25, -0.2) is 4.98 Å². The first-order valence-electron chi connectivity index (χ1n) is 6.04. The van der Waals surface area contributed by atoms with E-state index in [2.05, 4.69) is 30.2 Å². The molecule has 0 aliphatic heterocycles. The van der Waals surface area contributed by atoms with Crippen molar-refractivity contribution in [3.8, 4) is 0 Å². The van der Waals surface area contributed by atoms with Crippen molar-refractivity contribution in [2.75, 3.05) is 6.54 Å². The van der Waals surface area contributed by atoms with Gasteiger partial charge in [-0.15, -0.1) is 0 Å². The van der Waals surface area contributed by atoms with Crippen LogP contribution in [0.15, 0.2) is 29.2 Å². The van der Waals surface area contributed by atoms with Crippen LogP contribution < -0.4 is 5.32 Å². The van der Waals surface area contributed by atoms with Crippen LogP contribution in [0.4, 0.5) is 0 Å². The zero-order valence-corrected chi connectivity index (χ0v) is 10.4. The lowest BCUT2D eigenvalue weighted by molar-refractivity contribution is 0.436. The van der Waals surface area contributed by atoms with Crippen LogP contribution in [0.1, 0.15) is 30.4 Å². The standard InChI is InChI=1S/C13H19N3O/c1-3-4-14-8-13-11(2)7-12(17-13)9-16-6-5-15-10-16/h5-7,10,14H,3-4,8-9H2,1-2H3. The van der Waals surface area contributed by atoms with Crippen LogP contribution >= 0.6 is 0 Å². The Kier molecular flexibility index (Phi) is 3.98. The van der Waals surface area contributed by atoms with Crippen LogP contribution in [-0.2, 0) is 13.1 Å². The Morgan fingerprint density at radius 1 is 1.47 bits per heavy atom. The molecule has 0 atom stereocenters. The smallest absolute Gasteiger partial charge is 0.124 e. The lowest BCUT2D eigenvalue weighted by Crippen LogP contribution is -2.13. The normalized spacial score (nSPS) is 10.9. The second-order valence-corrected chi connectivity index (χ2v) is 4.23. The highest BCUT2D eigenvalue weighted by atomic mass is 16.3. The third kappa shape index (κ3) is 3.20. The quantitative estimate of drug-likeness (QED) is 0.779. The van der Waals surface area contributed by atoms with Crippen LogP contribution in [-0.4, -0.2) is 16.1 Å². The molecule has 0 spiro atoms. The van der Waals surface area contributed by atoms with Crippen molar-refractivity contribution in [1.29, 1.82) is 0 Å². The lowest BCUT2D eigenvalue weighted by Gasteiger charge is -2.01. The summed E-state index contributed by atoms with van der Waals surface area (Å²) in [5.41, 5.74) is 1.21. The Labute approximate surface area is 102 Å². The highest BCUT2D eigenvalue weighted by Crippen LogP contribution is 2.15. The fourth-order valence-corrected chi connectivity index (χ4v) is 1.78. The largest absolute Gasteiger partial charge is 0.463 e.